The second kappa shape index (κ2) is 8.06. The Morgan fingerprint density at radius 3 is 2.39 bits per heavy atom. The predicted octanol–water partition coefficient (Wildman–Crippen LogP) is 6.88. The minimum Gasteiger partial charge on any atom is -0.433 e. The zero-order valence-electron chi connectivity index (χ0n) is 16.3. The Morgan fingerprint density at radius 1 is 0.903 bits per heavy atom. The van der Waals surface area contributed by atoms with E-state index in [0.717, 1.165) is 22.0 Å². The fourth-order valence-electron chi connectivity index (χ4n) is 3.64. The molecule has 152 valence electrons. The van der Waals surface area contributed by atoms with E-state index in [1.54, 1.807) is 6.20 Å². The zero-order valence-corrected chi connectivity index (χ0v) is 17.8. The van der Waals surface area contributed by atoms with Crippen LogP contribution in [-0.2, 0) is 6.54 Å². The van der Waals surface area contributed by atoms with Crippen LogP contribution in [0.2, 0.25) is 10.2 Å². The summed E-state index contributed by atoms with van der Waals surface area (Å²) >= 11 is 12.8. The molecule has 0 fully saturated rings. The van der Waals surface area contributed by atoms with Crippen LogP contribution in [0.4, 0.5) is 0 Å². The van der Waals surface area contributed by atoms with E-state index in [4.69, 9.17) is 27.6 Å². The number of ketones is 1. The number of rotatable bonds is 5. The van der Waals surface area contributed by atoms with Crippen molar-refractivity contribution in [1.29, 1.82) is 0 Å². The third kappa shape index (κ3) is 3.65. The van der Waals surface area contributed by atoms with Gasteiger partial charge in [-0.1, -0.05) is 83.9 Å². The summed E-state index contributed by atoms with van der Waals surface area (Å²) in [5.41, 5.74) is 3.12. The van der Waals surface area contributed by atoms with Gasteiger partial charge in [0.15, 0.2) is 5.76 Å². The number of aromatic nitrogens is 2. The quantitative estimate of drug-likeness (QED) is 0.276. The molecular formula is C25H16Cl2N2O2. The van der Waals surface area contributed by atoms with Crippen LogP contribution in [0.1, 0.15) is 21.8 Å². The van der Waals surface area contributed by atoms with Gasteiger partial charge in [-0.15, -0.1) is 0 Å². The molecule has 0 radical (unpaired) electrons. The number of carbonyl (C=O) groups is 1. The van der Waals surface area contributed by atoms with E-state index in [-0.39, 0.29) is 11.7 Å². The zero-order chi connectivity index (χ0) is 21.4. The van der Waals surface area contributed by atoms with Gasteiger partial charge in [0.05, 0.1) is 17.3 Å². The van der Waals surface area contributed by atoms with E-state index in [2.05, 4.69) is 4.98 Å². The molecule has 0 atom stereocenters. The lowest BCUT2D eigenvalue weighted by molar-refractivity contribution is 0.100. The van der Waals surface area contributed by atoms with Gasteiger partial charge in [0.25, 0.3) is 11.7 Å². The molecule has 6 heteroatoms. The molecule has 0 unspecified atom stereocenters. The molecule has 5 rings (SSSR count). The number of nitrogens with zero attached hydrogens (tertiary/aromatic N) is 2. The molecule has 0 spiro atoms. The maximum Gasteiger partial charge on any atom is 0.268 e. The second-order valence-electron chi connectivity index (χ2n) is 7.12. The fourth-order valence-corrected chi connectivity index (χ4v) is 4.10. The number of fused-ring (bicyclic) bond motifs is 1. The normalized spacial score (nSPS) is 11.2. The van der Waals surface area contributed by atoms with Gasteiger partial charge in [-0.2, -0.15) is 0 Å². The van der Waals surface area contributed by atoms with Crippen LogP contribution < -0.4 is 0 Å². The van der Waals surface area contributed by atoms with Crippen molar-refractivity contribution in [2.24, 2.45) is 0 Å². The molecule has 2 aromatic heterocycles. The molecule has 0 aliphatic rings. The Hall–Kier alpha value is -3.34. The number of hydrogen-bond acceptors (Lipinski definition) is 3. The summed E-state index contributed by atoms with van der Waals surface area (Å²) in [6.45, 7) is 0.505. The number of carbonyl (C=O) groups excluding carboxylic acids is 1. The second-order valence-corrected chi connectivity index (χ2v) is 7.91. The minimum atomic E-state index is -0.349. The first-order valence-electron chi connectivity index (χ1n) is 9.69. The lowest BCUT2D eigenvalue weighted by Gasteiger charge is -2.07. The Kier molecular flexibility index (Phi) is 5.10. The van der Waals surface area contributed by atoms with Gasteiger partial charge in [0.2, 0.25) is 0 Å². The third-order valence-electron chi connectivity index (χ3n) is 5.15. The van der Waals surface area contributed by atoms with E-state index in [1.165, 1.54) is 0 Å². The van der Waals surface area contributed by atoms with Crippen molar-refractivity contribution in [3.63, 3.8) is 0 Å². The number of hydrogen-bond donors (Lipinski definition) is 0. The molecule has 31 heavy (non-hydrogen) atoms. The summed E-state index contributed by atoms with van der Waals surface area (Å²) in [6, 6.07) is 24.7. The van der Waals surface area contributed by atoms with E-state index < -0.39 is 0 Å². The average Bonchev–Trinajstić information content (AvgIpc) is 3.40. The van der Waals surface area contributed by atoms with Gasteiger partial charge < -0.3 is 8.98 Å². The SMILES string of the molecule is O=C(c1ncc(-c2ccccc2)o1)c1c(Cl)n(Cc2ccc(Cl)cc2)c2ccccc12. The Balaban J connectivity index is 1.57. The molecule has 0 aliphatic carbocycles. The lowest BCUT2D eigenvalue weighted by atomic mass is 10.1. The number of oxazole rings is 1. The largest absolute Gasteiger partial charge is 0.433 e. The summed E-state index contributed by atoms with van der Waals surface area (Å²) in [5.74, 6) is 0.193. The van der Waals surface area contributed by atoms with Gasteiger partial charge in [0, 0.05) is 22.5 Å². The highest BCUT2D eigenvalue weighted by Gasteiger charge is 2.26. The minimum absolute atomic E-state index is 0.00940. The smallest absolute Gasteiger partial charge is 0.268 e. The highest BCUT2D eigenvalue weighted by molar-refractivity contribution is 6.36. The molecular weight excluding hydrogens is 431 g/mol. The van der Waals surface area contributed by atoms with Crippen LogP contribution in [0.25, 0.3) is 22.2 Å². The monoisotopic (exact) mass is 446 g/mol. The first-order valence-corrected chi connectivity index (χ1v) is 10.4. The Labute approximate surface area is 188 Å². The standard InChI is InChI=1S/C25H16Cl2N2O2/c26-18-12-10-16(11-13-18)15-29-20-9-5-4-8-19(20)22(24(29)27)23(30)25-28-14-21(31-25)17-6-2-1-3-7-17/h1-14H,15H2. The topological polar surface area (TPSA) is 48.0 Å². The van der Waals surface area contributed by atoms with Crippen molar-refractivity contribution in [1.82, 2.24) is 9.55 Å². The molecule has 3 aromatic carbocycles. The van der Waals surface area contributed by atoms with Crippen LogP contribution in [-0.4, -0.2) is 15.3 Å². The highest BCUT2D eigenvalue weighted by atomic mass is 35.5. The first kappa shape index (κ1) is 19.6. The molecule has 2 heterocycles. The van der Waals surface area contributed by atoms with Gasteiger partial charge in [0.1, 0.15) is 5.15 Å². The Bertz CT molecular complexity index is 1390. The first-order chi connectivity index (χ1) is 15.1. The number of halogens is 2. The molecule has 4 nitrogen and oxygen atoms in total. The third-order valence-corrected chi connectivity index (χ3v) is 5.79. The van der Waals surface area contributed by atoms with Crippen molar-refractivity contribution in [2.75, 3.05) is 0 Å². The summed E-state index contributed by atoms with van der Waals surface area (Å²) in [6.07, 6.45) is 1.56. The van der Waals surface area contributed by atoms with Gasteiger partial charge in [-0.3, -0.25) is 4.79 Å². The predicted molar refractivity (Wildman–Crippen MR) is 123 cm³/mol. The Morgan fingerprint density at radius 2 is 1.61 bits per heavy atom. The molecule has 0 bridgehead atoms. The summed E-state index contributed by atoms with van der Waals surface area (Å²) in [4.78, 5) is 17.6. The molecule has 0 amide bonds. The number of benzene rings is 3. The van der Waals surface area contributed by atoms with E-state index >= 15 is 0 Å². The van der Waals surface area contributed by atoms with Crippen molar-refractivity contribution in [3.8, 4) is 11.3 Å². The molecule has 0 aliphatic heterocycles. The van der Waals surface area contributed by atoms with Crippen LogP contribution in [0.5, 0.6) is 0 Å². The van der Waals surface area contributed by atoms with Crippen molar-refractivity contribution in [2.45, 2.75) is 6.54 Å². The molecule has 0 saturated heterocycles. The van der Waals surface area contributed by atoms with E-state index in [1.807, 2.05) is 83.4 Å². The lowest BCUT2D eigenvalue weighted by Crippen LogP contribution is -2.04. The van der Waals surface area contributed by atoms with Crippen LogP contribution in [0.3, 0.4) is 0 Å². The van der Waals surface area contributed by atoms with E-state index in [9.17, 15) is 4.79 Å². The van der Waals surface area contributed by atoms with Crippen molar-refractivity contribution >= 4 is 39.9 Å². The summed E-state index contributed by atoms with van der Waals surface area (Å²) in [5, 5.41) is 1.77. The van der Waals surface area contributed by atoms with Crippen LogP contribution in [0, 0.1) is 0 Å². The highest BCUT2D eigenvalue weighted by Crippen LogP contribution is 2.33. The van der Waals surface area contributed by atoms with Crippen molar-refractivity contribution < 1.29 is 9.21 Å². The van der Waals surface area contributed by atoms with E-state index in [0.29, 0.717) is 28.0 Å². The van der Waals surface area contributed by atoms with Crippen LogP contribution >= 0.6 is 23.2 Å². The van der Waals surface area contributed by atoms with Crippen LogP contribution in [0.15, 0.2) is 89.5 Å². The molecule has 5 aromatic rings. The number of para-hydroxylation sites is 1. The maximum atomic E-state index is 13.4. The van der Waals surface area contributed by atoms with Gasteiger partial charge in [-0.25, -0.2) is 4.98 Å². The van der Waals surface area contributed by atoms with Crippen molar-refractivity contribution in [3.05, 3.63) is 112 Å². The van der Waals surface area contributed by atoms with Gasteiger partial charge in [-0.05, 0) is 23.8 Å². The molecule has 0 N–H and O–H groups in total. The molecule has 0 saturated carbocycles. The fraction of sp³-hybridized carbons (Fsp3) is 0.0400. The summed E-state index contributed by atoms with van der Waals surface area (Å²) < 4.78 is 7.70. The average molecular weight is 447 g/mol. The maximum absolute atomic E-state index is 13.4. The summed E-state index contributed by atoms with van der Waals surface area (Å²) in [7, 11) is 0. The van der Waals surface area contributed by atoms with Gasteiger partial charge >= 0.3 is 0 Å².